The molecule has 0 aliphatic carbocycles. The summed E-state index contributed by atoms with van der Waals surface area (Å²) in [6.45, 7) is 5.63. The molecule has 0 aliphatic heterocycles. The second-order valence-electron chi connectivity index (χ2n) is 4.57. The van der Waals surface area contributed by atoms with Crippen molar-refractivity contribution in [3.05, 3.63) is 35.1 Å². The number of aryl methyl sites for hydroxylation is 1. The number of nitrogens with zero attached hydrogens (tertiary/aromatic N) is 3. The topological polar surface area (TPSA) is 89.1 Å². The first kappa shape index (κ1) is 14.5. The van der Waals surface area contributed by atoms with Crippen LogP contribution >= 0.6 is 11.8 Å². The number of carboxylic acid groups (broad SMARTS) is 1. The molecule has 0 aromatic carbocycles. The lowest BCUT2D eigenvalue weighted by Crippen LogP contribution is -2.10. The fourth-order valence-electron chi connectivity index (χ4n) is 1.63. The van der Waals surface area contributed by atoms with Crippen LogP contribution in [0.2, 0.25) is 0 Å². The van der Waals surface area contributed by atoms with Crippen molar-refractivity contribution < 1.29 is 14.4 Å². The van der Waals surface area contributed by atoms with E-state index < -0.39 is 5.97 Å². The van der Waals surface area contributed by atoms with Crippen molar-refractivity contribution in [1.82, 2.24) is 15.1 Å². The fraction of sp³-hybridized carbons (Fsp3) is 0.385. The maximum absolute atomic E-state index is 11.4. The van der Waals surface area contributed by atoms with Gasteiger partial charge < -0.3 is 9.63 Å². The number of carboxylic acids is 1. The van der Waals surface area contributed by atoms with Gasteiger partial charge in [-0.1, -0.05) is 30.8 Å². The number of aromatic carboxylic acids is 1. The highest BCUT2D eigenvalue weighted by Crippen LogP contribution is 2.27. The Kier molecular flexibility index (Phi) is 4.39. The molecule has 0 amide bonds. The average molecular weight is 293 g/mol. The third-order valence-electron chi connectivity index (χ3n) is 2.65. The van der Waals surface area contributed by atoms with E-state index in [1.165, 1.54) is 11.8 Å². The molecule has 2 heterocycles. The zero-order chi connectivity index (χ0) is 14.7. The maximum Gasteiger partial charge on any atom is 0.340 e. The van der Waals surface area contributed by atoms with Gasteiger partial charge in [-0.3, -0.25) is 0 Å². The smallest absolute Gasteiger partial charge is 0.340 e. The summed E-state index contributed by atoms with van der Waals surface area (Å²) in [6.07, 6.45) is 1.55. The van der Waals surface area contributed by atoms with Crippen LogP contribution in [-0.4, -0.2) is 26.2 Å². The monoisotopic (exact) mass is 293 g/mol. The lowest BCUT2D eigenvalue weighted by molar-refractivity contribution is 0.0690. The molecular formula is C13H15N3O3S. The van der Waals surface area contributed by atoms with Gasteiger partial charge in [0, 0.05) is 12.0 Å². The van der Waals surface area contributed by atoms with Crippen molar-refractivity contribution in [3.8, 4) is 0 Å². The largest absolute Gasteiger partial charge is 0.478 e. The van der Waals surface area contributed by atoms with Gasteiger partial charge in [-0.2, -0.15) is 0 Å². The molecule has 0 bridgehead atoms. The summed E-state index contributed by atoms with van der Waals surface area (Å²) in [7, 11) is 0. The van der Waals surface area contributed by atoms with Crippen molar-refractivity contribution in [1.29, 1.82) is 0 Å². The van der Waals surface area contributed by atoms with E-state index >= 15 is 0 Å². The minimum Gasteiger partial charge on any atom is -0.478 e. The highest BCUT2D eigenvalue weighted by Gasteiger charge is 2.19. The van der Waals surface area contributed by atoms with Crippen molar-refractivity contribution in [3.63, 3.8) is 0 Å². The third kappa shape index (κ3) is 3.16. The SMILES string of the molecule is Cc1nc(C(C)C)nc(SCc2ccno2)c1C(=O)O. The van der Waals surface area contributed by atoms with Crippen molar-refractivity contribution >= 4 is 17.7 Å². The van der Waals surface area contributed by atoms with E-state index in [-0.39, 0.29) is 11.5 Å². The van der Waals surface area contributed by atoms with E-state index in [9.17, 15) is 9.90 Å². The Bertz CT molecular complexity index is 612. The Morgan fingerprint density at radius 1 is 1.45 bits per heavy atom. The van der Waals surface area contributed by atoms with Crippen LogP contribution in [-0.2, 0) is 5.75 Å². The molecule has 20 heavy (non-hydrogen) atoms. The standard InChI is InChI=1S/C13H15N3O3S/c1-7(2)11-15-8(3)10(13(17)18)12(16-11)20-6-9-4-5-14-19-9/h4-5,7H,6H2,1-3H3,(H,17,18). The molecule has 0 fully saturated rings. The molecule has 0 aliphatic rings. The van der Waals surface area contributed by atoms with E-state index in [0.29, 0.717) is 28.1 Å². The van der Waals surface area contributed by atoms with Crippen LogP contribution in [0.5, 0.6) is 0 Å². The van der Waals surface area contributed by atoms with Crippen LogP contribution in [0.25, 0.3) is 0 Å². The van der Waals surface area contributed by atoms with Gasteiger partial charge in [-0.05, 0) is 6.92 Å². The Hall–Kier alpha value is -1.89. The molecule has 2 rings (SSSR count). The summed E-state index contributed by atoms with van der Waals surface area (Å²) in [5, 5.41) is 13.4. The van der Waals surface area contributed by atoms with E-state index in [2.05, 4.69) is 15.1 Å². The predicted octanol–water partition coefficient (Wildman–Crippen LogP) is 2.89. The molecular weight excluding hydrogens is 278 g/mol. The first-order chi connectivity index (χ1) is 9.49. The Balaban J connectivity index is 2.34. The Morgan fingerprint density at radius 3 is 2.75 bits per heavy atom. The molecule has 2 aromatic heterocycles. The van der Waals surface area contributed by atoms with Gasteiger partial charge in [0.15, 0.2) is 0 Å². The summed E-state index contributed by atoms with van der Waals surface area (Å²) in [6, 6.07) is 1.74. The molecule has 0 radical (unpaired) electrons. The van der Waals surface area contributed by atoms with Crippen LogP contribution in [0.4, 0.5) is 0 Å². The van der Waals surface area contributed by atoms with Gasteiger partial charge in [0.2, 0.25) is 0 Å². The van der Waals surface area contributed by atoms with Gasteiger partial charge in [0.05, 0.1) is 17.6 Å². The quantitative estimate of drug-likeness (QED) is 0.669. The fourth-order valence-corrected chi connectivity index (χ4v) is 2.60. The minimum atomic E-state index is -1.02. The van der Waals surface area contributed by atoms with Crippen LogP contribution in [0.1, 0.15) is 47.4 Å². The number of hydrogen-bond acceptors (Lipinski definition) is 6. The maximum atomic E-state index is 11.4. The number of thioether (sulfide) groups is 1. The second-order valence-corrected chi connectivity index (χ2v) is 5.54. The number of aromatic nitrogens is 3. The zero-order valence-electron chi connectivity index (χ0n) is 11.5. The molecule has 0 atom stereocenters. The molecule has 0 saturated heterocycles. The number of hydrogen-bond donors (Lipinski definition) is 1. The molecule has 7 heteroatoms. The summed E-state index contributed by atoms with van der Waals surface area (Å²) in [4.78, 5) is 20.0. The van der Waals surface area contributed by atoms with Gasteiger partial charge in [0.25, 0.3) is 0 Å². The van der Waals surface area contributed by atoms with Crippen molar-refractivity contribution in [2.45, 2.75) is 37.5 Å². The molecule has 6 nitrogen and oxygen atoms in total. The van der Waals surface area contributed by atoms with E-state index in [1.54, 1.807) is 19.2 Å². The minimum absolute atomic E-state index is 0.140. The molecule has 2 aromatic rings. The first-order valence-corrected chi connectivity index (χ1v) is 7.11. The van der Waals surface area contributed by atoms with Crippen LogP contribution in [0, 0.1) is 6.92 Å². The van der Waals surface area contributed by atoms with Crippen molar-refractivity contribution in [2.24, 2.45) is 0 Å². The number of rotatable bonds is 5. The Morgan fingerprint density at radius 2 is 2.20 bits per heavy atom. The average Bonchev–Trinajstić information content (AvgIpc) is 2.88. The summed E-state index contributed by atoms with van der Waals surface area (Å²) in [5.41, 5.74) is 0.634. The highest BCUT2D eigenvalue weighted by atomic mass is 32.2. The molecule has 106 valence electrons. The van der Waals surface area contributed by atoms with Crippen LogP contribution in [0.15, 0.2) is 21.8 Å². The highest BCUT2D eigenvalue weighted by molar-refractivity contribution is 7.98. The molecule has 0 saturated carbocycles. The normalized spacial score (nSPS) is 11.0. The van der Waals surface area contributed by atoms with Gasteiger partial charge in [-0.15, -0.1) is 0 Å². The lowest BCUT2D eigenvalue weighted by Gasteiger charge is -2.11. The predicted molar refractivity (Wildman–Crippen MR) is 73.9 cm³/mol. The molecule has 0 spiro atoms. The summed E-state index contributed by atoms with van der Waals surface area (Å²) in [5.74, 6) is 0.925. The third-order valence-corrected chi connectivity index (χ3v) is 3.64. The van der Waals surface area contributed by atoms with E-state index in [1.807, 2.05) is 13.8 Å². The number of carbonyl (C=O) groups is 1. The Labute approximate surface area is 120 Å². The summed E-state index contributed by atoms with van der Waals surface area (Å²) < 4.78 is 5.00. The first-order valence-electron chi connectivity index (χ1n) is 6.13. The summed E-state index contributed by atoms with van der Waals surface area (Å²) >= 11 is 1.31. The second kappa shape index (κ2) is 6.04. The zero-order valence-corrected chi connectivity index (χ0v) is 12.3. The van der Waals surface area contributed by atoms with E-state index in [0.717, 1.165) is 0 Å². The molecule has 1 N–H and O–H groups in total. The van der Waals surface area contributed by atoms with Crippen LogP contribution < -0.4 is 0 Å². The van der Waals surface area contributed by atoms with Gasteiger partial charge in [0.1, 0.15) is 22.2 Å². The van der Waals surface area contributed by atoms with Gasteiger partial charge >= 0.3 is 5.97 Å². The van der Waals surface area contributed by atoms with Gasteiger partial charge in [-0.25, -0.2) is 14.8 Å². The van der Waals surface area contributed by atoms with Crippen LogP contribution in [0.3, 0.4) is 0 Å². The molecule has 0 unspecified atom stereocenters. The van der Waals surface area contributed by atoms with E-state index in [4.69, 9.17) is 4.52 Å². The van der Waals surface area contributed by atoms with Crippen molar-refractivity contribution in [2.75, 3.05) is 0 Å². The lowest BCUT2D eigenvalue weighted by atomic mass is 10.2.